The van der Waals surface area contributed by atoms with E-state index in [1.54, 1.807) is 17.0 Å². The Balaban J connectivity index is 1.57. The Morgan fingerprint density at radius 2 is 1.90 bits per heavy atom. The number of amides is 3. The van der Waals surface area contributed by atoms with Gasteiger partial charge in [-0.15, -0.1) is 0 Å². The van der Waals surface area contributed by atoms with Crippen LogP contribution in [0.5, 0.6) is 0 Å². The number of carbonyl (C=O) groups excluding carboxylic acids is 3. The normalized spacial score (nSPS) is 21.9. The second kappa shape index (κ2) is 9.90. The molecule has 0 radical (unpaired) electrons. The van der Waals surface area contributed by atoms with Gasteiger partial charge in [0.25, 0.3) is 0 Å². The molecule has 2 atom stereocenters. The number of nitrogens with zero attached hydrogens (tertiary/aromatic N) is 2. The highest BCUT2D eigenvalue weighted by Crippen LogP contribution is 2.26. The largest absolute Gasteiger partial charge is 0.444 e. The molecule has 0 bridgehead atoms. The molecule has 3 rings (SSSR count). The number of halogens is 1. The molecule has 0 spiro atoms. The van der Waals surface area contributed by atoms with Crippen LogP contribution >= 0.6 is 11.6 Å². The minimum Gasteiger partial charge on any atom is -0.444 e. The van der Waals surface area contributed by atoms with Crippen LogP contribution in [0, 0.1) is 5.92 Å². The third-order valence-corrected chi connectivity index (χ3v) is 5.90. The number of ether oxygens (including phenoxy) is 1. The van der Waals surface area contributed by atoms with Crippen LogP contribution in [0.4, 0.5) is 4.79 Å². The third kappa shape index (κ3) is 6.60. The number of carbonyl (C=O) groups is 3. The Labute approximate surface area is 189 Å². The van der Waals surface area contributed by atoms with Crippen LogP contribution in [-0.4, -0.2) is 59.0 Å². The molecule has 3 amide bonds. The zero-order valence-electron chi connectivity index (χ0n) is 18.5. The highest BCUT2D eigenvalue weighted by Gasteiger charge is 2.39. The maximum Gasteiger partial charge on any atom is 0.407 e. The van der Waals surface area contributed by atoms with E-state index in [0.29, 0.717) is 44.0 Å². The van der Waals surface area contributed by atoms with E-state index < -0.39 is 17.7 Å². The molecule has 1 aromatic carbocycles. The molecule has 0 unspecified atom stereocenters. The number of likely N-dealkylation sites (tertiary alicyclic amines) is 2. The summed E-state index contributed by atoms with van der Waals surface area (Å²) in [4.78, 5) is 41.2. The van der Waals surface area contributed by atoms with E-state index in [9.17, 15) is 14.4 Å². The molecule has 0 saturated carbocycles. The number of hydrogen-bond acceptors (Lipinski definition) is 4. The standard InChI is InChI=1S/C23H32ClN3O4/c1-23(2,3)31-22(30)25-13-17-5-4-12-26(14-17)21(29)19-10-11-20(28)27(19)15-16-6-8-18(24)9-7-16/h6-9,17,19H,4-5,10-15H2,1-3H3,(H,25,30)/t17-,19-/m0/s1. The smallest absolute Gasteiger partial charge is 0.407 e. The number of piperidine rings is 1. The summed E-state index contributed by atoms with van der Waals surface area (Å²) in [5.74, 6) is 0.183. The first-order valence-corrected chi connectivity index (χ1v) is 11.3. The van der Waals surface area contributed by atoms with E-state index in [2.05, 4.69) is 5.32 Å². The quantitative estimate of drug-likeness (QED) is 0.744. The third-order valence-electron chi connectivity index (χ3n) is 5.64. The Hall–Kier alpha value is -2.28. The Morgan fingerprint density at radius 1 is 1.19 bits per heavy atom. The van der Waals surface area contributed by atoms with E-state index in [0.717, 1.165) is 18.4 Å². The van der Waals surface area contributed by atoms with Crippen LogP contribution in [0.15, 0.2) is 24.3 Å². The molecule has 2 aliphatic heterocycles. The van der Waals surface area contributed by atoms with Crippen LogP contribution in [0.3, 0.4) is 0 Å². The zero-order chi connectivity index (χ0) is 22.6. The predicted octanol–water partition coefficient (Wildman–Crippen LogP) is 3.59. The summed E-state index contributed by atoms with van der Waals surface area (Å²) >= 11 is 5.95. The lowest BCUT2D eigenvalue weighted by atomic mass is 9.97. The van der Waals surface area contributed by atoms with E-state index in [1.165, 1.54) is 0 Å². The molecule has 0 aromatic heterocycles. The fourth-order valence-electron chi connectivity index (χ4n) is 4.16. The lowest BCUT2D eigenvalue weighted by Crippen LogP contribution is -2.51. The summed E-state index contributed by atoms with van der Waals surface area (Å²) < 4.78 is 5.29. The molecule has 31 heavy (non-hydrogen) atoms. The van der Waals surface area contributed by atoms with Crippen molar-refractivity contribution in [2.24, 2.45) is 5.92 Å². The Bertz CT molecular complexity index is 806. The van der Waals surface area contributed by atoms with E-state index in [4.69, 9.17) is 16.3 Å². The molecule has 1 aromatic rings. The number of alkyl carbamates (subject to hydrolysis) is 1. The van der Waals surface area contributed by atoms with E-state index in [-0.39, 0.29) is 17.7 Å². The molecule has 1 N–H and O–H groups in total. The molecule has 8 heteroatoms. The second-order valence-electron chi connectivity index (χ2n) is 9.38. The van der Waals surface area contributed by atoms with Crippen LogP contribution in [0.2, 0.25) is 5.02 Å². The molecule has 2 saturated heterocycles. The maximum absolute atomic E-state index is 13.3. The lowest BCUT2D eigenvalue weighted by molar-refractivity contribution is -0.143. The van der Waals surface area contributed by atoms with Gasteiger partial charge in [-0.2, -0.15) is 0 Å². The monoisotopic (exact) mass is 449 g/mol. The number of nitrogens with one attached hydrogen (secondary N) is 1. The highest BCUT2D eigenvalue weighted by atomic mass is 35.5. The first-order valence-electron chi connectivity index (χ1n) is 10.9. The van der Waals surface area contributed by atoms with Gasteiger partial charge in [-0.05, 0) is 63.6 Å². The summed E-state index contributed by atoms with van der Waals surface area (Å²) in [6, 6.07) is 6.92. The summed E-state index contributed by atoms with van der Waals surface area (Å²) in [5.41, 5.74) is 0.414. The molecule has 2 heterocycles. The molecule has 7 nitrogen and oxygen atoms in total. The molecule has 0 aliphatic carbocycles. The molecule has 170 valence electrons. The van der Waals surface area contributed by atoms with Gasteiger partial charge in [-0.25, -0.2) is 4.79 Å². The maximum atomic E-state index is 13.3. The average molecular weight is 450 g/mol. The van der Waals surface area contributed by atoms with Gasteiger partial charge in [-0.1, -0.05) is 23.7 Å². The van der Waals surface area contributed by atoms with Gasteiger partial charge in [-0.3, -0.25) is 9.59 Å². The van der Waals surface area contributed by atoms with Gasteiger partial charge < -0.3 is 19.9 Å². The average Bonchev–Trinajstić information content (AvgIpc) is 3.07. The van der Waals surface area contributed by atoms with Gasteiger partial charge in [0.1, 0.15) is 11.6 Å². The highest BCUT2D eigenvalue weighted by molar-refractivity contribution is 6.30. The fraction of sp³-hybridized carbons (Fsp3) is 0.609. The SMILES string of the molecule is CC(C)(C)OC(=O)NC[C@@H]1CCCN(C(=O)[C@@H]2CCC(=O)N2Cc2ccc(Cl)cc2)C1. The number of benzene rings is 1. The lowest BCUT2D eigenvalue weighted by Gasteiger charge is -2.36. The molecule has 2 aliphatic rings. The first-order chi connectivity index (χ1) is 14.6. The number of hydrogen-bond donors (Lipinski definition) is 1. The number of rotatable bonds is 5. The van der Waals surface area contributed by atoms with Gasteiger partial charge >= 0.3 is 6.09 Å². The van der Waals surface area contributed by atoms with Crippen molar-refractivity contribution in [3.05, 3.63) is 34.9 Å². The van der Waals surface area contributed by atoms with Crippen LogP contribution < -0.4 is 5.32 Å². The zero-order valence-corrected chi connectivity index (χ0v) is 19.3. The summed E-state index contributed by atoms with van der Waals surface area (Å²) in [6.45, 7) is 7.61. The molecule has 2 fully saturated rings. The van der Waals surface area contributed by atoms with Crippen molar-refractivity contribution in [2.45, 2.75) is 64.6 Å². The van der Waals surface area contributed by atoms with Gasteiger partial charge in [0, 0.05) is 37.6 Å². The van der Waals surface area contributed by atoms with Crippen LogP contribution in [0.25, 0.3) is 0 Å². The van der Waals surface area contributed by atoms with Gasteiger partial charge in [0.15, 0.2) is 0 Å². The van der Waals surface area contributed by atoms with Crippen molar-refractivity contribution in [1.29, 1.82) is 0 Å². The van der Waals surface area contributed by atoms with Crippen molar-refractivity contribution in [3.63, 3.8) is 0 Å². The molecular weight excluding hydrogens is 418 g/mol. The Kier molecular flexibility index (Phi) is 7.46. The van der Waals surface area contributed by atoms with E-state index in [1.807, 2.05) is 37.8 Å². The van der Waals surface area contributed by atoms with Crippen LogP contribution in [0.1, 0.15) is 52.0 Å². The Morgan fingerprint density at radius 3 is 2.58 bits per heavy atom. The van der Waals surface area contributed by atoms with Gasteiger partial charge in [0.2, 0.25) is 11.8 Å². The van der Waals surface area contributed by atoms with Crippen molar-refractivity contribution in [2.75, 3.05) is 19.6 Å². The molecular formula is C23H32ClN3O4. The minimum atomic E-state index is -0.540. The second-order valence-corrected chi connectivity index (χ2v) is 9.81. The predicted molar refractivity (Wildman–Crippen MR) is 119 cm³/mol. The van der Waals surface area contributed by atoms with E-state index >= 15 is 0 Å². The van der Waals surface area contributed by atoms with Crippen molar-refractivity contribution in [1.82, 2.24) is 15.1 Å². The van der Waals surface area contributed by atoms with Crippen molar-refractivity contribution < 1.29 is 19.1 Å². The van der Waals surface area contributed by atoms with Crippen molar-refractivity contribution in [3.8, 4) is 0 Å². The summed E-state index contributed by atoms with van der Waals surface area (Å²) in [6.07, 6.45) is 2.32. The van der Waals surface area contributed by atoms with Crippen LogP contribution in [-0.2, 0) is 20.9 Å². The van der Waals surface area contributed by atoms with Crippen molar-refractivity contribution >= 4 is 29.5 Å². The summed E-state index contributed by atoms with van der Waals surface area (Å²) in [7, 11) is 0. The first kappa shape index (κ1) is 23.4. The fourth-order valence-corrected chi connectivity index (χ4v) is 4.29. The topological polar surface area (TPSA) is 79.0 Å². The summed E-state index contributed by atoms with van der Waals surface area (Å²) in [5, 5.41) is 3.46. The minimum absolute atomic E-state index is 0.00165. The van der Waals surface area contributed by atoms with Gasteiger partial charge in [0.05, 0.1) is 0 Å².